The number of rotatable bonds is 4. The molecule has 0 radical (unpaired) electrons. The van der Waals surface area contributed by atoms with Crippen LogP contribution in [0.25, 0.3) is 10.1 Å². The highest BCUT2D eigenvalue weighted by Gasteiger charge is 2.24. The third-order valence-electron chi connectivity index (χ3n) is 3.71. The van der Waals surface area contributed by atoms with E-state index in [0.717, 1.165) is 15.6 Å². The number of fused-ring (bicyclic) bond motifs is 1. The Hall–Kier alpha value is -2.17. The molecular formula is C19H15ClO3S. The maximum atomic E-state index is 12.4. The van der Waals surface area contributed by atoms with E-state index >= 15 is 0 Å². The fourth-order valence-electron chi connectivity index (χ4n) is 2.37. The number of esters is 1. The highest BCUT2D eigenvalue weighted by molar-refractivity contribution is 7.21. The molecule has 24 heavy (non-hydrogen) atoms. The molecule has 0 bridgehead atoms. The summed E-state index contributed by atoms with van der Waals surface area (Å²) in [5.41, 5.74) is 1.58. The fraction of sp³-hybridized carbons (Fsp3) is 0.158. The van der Waals surface area contributed by atoms with Crippen LogP contribution in [0.3, 0.4) is 0 Å². The van der Waals surface area contributed by atoms with Gasteiger partial charge in [-0.2, -0.15) is 0 Å². The van der Waals surface area contributed by atoms with E-state index in [9.17, 15) is 9.59 Å². The van der Waals surface area contributed by atoms with Gasteiger partial charge in [0.05, 0.1) is 5.02 Å². The number of hydrogen-bond donors (Lipinski definition) is 0. The smallest absolute Gasteiger partial charge is 0.350 e. The van der Waals surface area contributed by atoms with Gasteiger partial charge in [0.2, 0.25) is 5.78 Å². The van der Waals surface area contributed by atoms with E-state index in [1.807, 2.05) is 43.3 Å². The third kappa shape index (κ3) is 3.21. The number of carbonyl (C=O) groups excluding carboxylic acids is 2. The minimum absolute atomic E-state index is 0.236. The van der Waals surface area contributed by atoms with Gasteiger partial charge in [-0.25, -0.2) is 4.79 Å². The zero-order valence-electron chi connectivity index (χ0n) is 13.2. The number of carbonyl (C=O) groups is 2. The summed E-state index contributed by atoms with van der Waals surface area (Å²) in [7, 11) is 0. The van der Waals surface area contributed by atoms with Crippen LogP contribution < -0.4 is 0 Å². The van der Waals surface area contributed by atoms with Crippen LogP contribution in [0.1, 0.15) is 32.5 Å². The highest BCUT2D eigenvalue weighted by Crippen LogP contribution is 2.35. The number of ether oxygens (including phenoxy) is 1. The van der Waals surface area contributed by atoms with Gasteiger partial charge in [-0.1, -0.05) is 59.6 Å². The Morgan fingerprint density at radius 2 is 1.75 bits per heavy atom. The minimum atomic E-state index is -0.874. The Labute approximate surface area is 148 Å². The quantitative estimate of drug-likeness (QED) is 0.470. The molecule has 0 unspecified atom stereocenters. The van der Waals surface area contributed by atoms with Crippen molar-refractivity contribution in [2.24, 2.45) is 0 Å². The summed E-state index contributed by atoms with van der Waals surface area (Å²) in [6.07, 6.45) is -0.874. The Morgan fingerprint density at radius 1 is 1.08 bits per heavy atom. The van der Waals surface area contributed by atoms with E-state index < -0.39 is 12.1 Å². The van der Waals surface area contributed by atoms with E-state index in [2.05, 4.69) is 0 Å². The van der Waals surface area contributed by atoms with Crippen molar-refractivity contribution in [2.45, 2.75) is 20.0 Å². The van der Waals surface area contributed by atoms with Crippen LogP contribution >= 0.6 is 22.9 Å². The van der Waals surface area contributed by atoms with Crippen molar-refractivity contribution in [3.8, 4) is 0 Å². The molecule has 5 heteroatoms. The van der Waals surface area contributed by atoms with Gasteiger partial charge in [0.25, 0.3) is 0 Å². The average Bonchev–Trinajstić information content (AvgIpc) is 2.92. The second-order valence-electron chi connectivity index (χ2n) is 5.52. The van der Waals surface area contributed by atoms with Crippen molar-refractivity contribution in [1.82, 2.24) is 0 Å². The first kappa shape index (κ1) is 16.7. The molecule has 1 atom stereocenters. The largest absolute Gasteiger partial charge is 0.450 e. The number of benzene rings is 2. The van der Waals surface area contributed by atoms with Gasteiger partial charge in [-0.3, -0.25) is 4.79 Å². The van der Waals surface area contributed by atoms with Gasteiger partial charge in [-0.15, -0.1) is 11.3 Å². The van der Waals surface area contributed by atoms with Crippen molar-refractivity contribution in [2.75, 3.05) is 0 Å². The summed E-state index contributed by atoms with van der Waals surface area (Å²) in [6.45, 7) is 3.52. The normalized spacial score (nSPS) is 12.1. The van der Waals surface area contributed by atoms with Crippen LogP contribution in [0.5, 0.6) is 0 Å². The van der Waals surface area contributed by atoms with Crippen molar-refractivity contribution in [3.63, 3.8) is 0 Å². The van der Waals surface area contributed by atoms with Crippen molar-refractivity contribution in [3.05, 3.63) is 69.6 Å². The molecule has 0 N–H and O–H groups in total. The molecule has 0 fully saturated rings. The molecule has 2 aromatic carbocycles. The van der Waals surface area contributed by atoms with Crippen LogP contribution in [0.15, 0.2) is 48.5 Å². The lowest BCUT2D eigenvalue weighted by molar-refractivity contribution is 0.0324. The van der Waals surface area contributed by atoms with E-state index in [4.69, 9.17) is 16.3 Å². The molecule has 0 spiro atoms. The van der Waals surface area contributed by atoms with E-state index in [-0.39, 0.29) is 5.78 Å². The van der Waals surface area contributed by atoms with Crippen LogP contribution in [-0.2, 0) is 4.74 Å². The van der Waals surface area contributed by atoms with Crippen LogP contribution in [0, 0.1) is 6.92 Å². The summed E-state index contributed by atoms with van der Waals surface area (Å²) < 4.78 is 6.24. The summed E-state index contributed by atoms with van der Waals surface area (Å²) in [5, 5.41) is 1.18. The van der Waals surface area contributed by atoms with Crippen molar-refractivity contribution < 1.29 is 14.3 Å². The van der Waals surface area contributed by atoms with E-state index in [1.165, 1.54) is 11.3 Å². The Balaban J connectivity index is 1.79. The lowest BCUT2D eigenvalue weighted by atomic mass is 10.1. The van der Waals surface area contributed by atoms with Crippen LogP contribution in [0.2, 0.25) is 5.02 Å². The molecule has 0 saturated carbocycles. The van der Waals surface area contributed by atoms with Crippen molar-refractivity contribution in [1.29, 1.82) is 0 Å². The molecule has 0 aliphatic rings. The van der Waals surface area contributed by atoms with Gasteiger partial charge in [0.15, 0.2) is 6.10 Å². The maximum Gasteiger partial charge on any atom is 0.350 e. The fourth-order valence-corrected chi connectivity index (χ4v) is 3.76. The van der Waals surface area contributed by atoms with Crippen LogP contribution in [0.4, 0.5) is 0 Å². The lowest BCUT2D eigenvalue weighted by Crippen LogP contribution is -2.24. The predicted molar refractivity (Wildman–Crippen MR) is 97.2 cm³/mol. The number of ketones is 1. The molecule has 0 amide bonds. The van der Waals surface area contributed by atoms with Gasteiger partial charge in [0.1, 0.15) is 4.88 Å². The summed E-state index contributed by atoms with van der Waals surface area (Å²) in [4.78, 5) is 25.1. The van der Waals surface area contributed by atoms with Gasteiger partial charge in [0, 0.05) is 15.6 Å². The first-order chi connectivity index (χ1) is 11.5. The van der Waals surface area contributed by atoms with Gasteiger partial charge >= 0.3 is 5.97 Å². The second kappa shape index (κ2) is 6.75. The molecule has 3 aromatic rings. The topological polar surface area (TPSA) is 43.4 Å². The Kier molecular flexibility index (Phi) is 4.69. The predicted octanol–water partition coefficient (Wildman–Crippen LogP) is 5.29. The average molecular weight is 359 g/mol. The molecule has 1 heterocycles. The van der Waals surface area contributed by atoms with Gasteiger partial charge in [-0.05, 0) is 19.9 Å². The van der Waals surface area contributed by atoms with E-state index in [0.29, 0.717) is 15.5 Å². The van der Waals surface area contributed by atoms with Crippen LogP contribution in [-0.4, -0.2) is 17.9 Å². The first-order valence-corrected chi connectivity index (χ1v) is 8.65. The minimum Gasteiger partial charge on any atom is -0.450 e. The van der Waals surface area contributed by atoms with E-state index in [1.54, 1.807) is 19.1 Å². The number of thiophene rings is 1. The molecule has 0 aliphatic heterocycles. The Bertz CT molecular complexity index is 912. The summed E-state index contributed by atoms with van der Waals surface area (Å²) >= 11 is 7.54. The zero-order chi connectivity index (χ0) is 17.3. The number of Topliss-reactive ketones (excluding diaryl/α,β-unsaturated/α-hetero) is 1. The standard InChI is InChI=1S/C19H15ClO3S/c1-11-7-9-13(10-8-11)17(21)12(2)23-19(22)18-16(20)14-5-3-4-6-15(14)24-18/h3-10,12H,1-2H3/t12-/m0/s1. The van der Waals surface area contributed by atoms with Crippen molar-refractivity contribution >= 4 is 44.8 Å². The molecule has 1 aromatic heterocycles. The maximum absolute atomic E-state index is 12.4. The lowest BCUT2D eigenvalue weighted by Gasteiger charge is -2.12. The van der Waals surface area contributed by atoms with Gasteiger partial charge < -0.3 is 4.74 Å². The third-order valence-corrected chi connectivity index (χ3v) is 5.36. The Morgan fingerprint density at radius 3 is 2.42 bits per heavy atom. The molecule has 0 aliphatic carbocycles. The summed E-state index contributed by atoms with van der Waals surface area (Å²) in [6, 6.07) is 14.7. The summed E-state index contributed by atoms with van der Waals surface area (Å²) in [5.74, 6) is -0.810. The second-order valence-corrected chi connectivity index (χ2v) is 6.95. The number of halogens is 1. The number of aryl methyl sites for hydroxylation is 1. The molecule has 122 valence electrons. The molecule has 3 rings (SSSR count). The SMILES string of the molecule is Cc1ccc(C(=O)[C@H](C)OC(=O)c2sc3ccccc3c2Cl)cc1. The molecule has 3 nitrogen and oxygen atoms in total. The first-order valence-electron chi connectivity index (χ1n) is 7.46. The zero-order valence-corrected chi connectivity index (χ0v) is 14.8. The molecule has 0 saturated heterocycles. The monoisotopic (exact) mass is 358 g/mol. The number of hydrogen-bond acceptors (Lipinski definition) is 4. The highest BCUT2D eigenvalue weighted by atomic mass is 35.5. The molecular weight excluding hydrogens is 344 g/mol.